The normalized spacial score (nSPS) is 22.3. The van der Waals surface area contributed by atoms with E-state index >= 15 is 0 Å². The zero-order valence-corrected chi connectivity index (χ0v) is 12.6. The van der Waals surface area contributed by atoms with Crippen LogP contribution in [0.5, 0.6) is 0 Å². The van der Waals surface area contributed by atoms with Crippen molar-refractivity contribution in [3.8, 4) is 0 Å². The van der Waals surface area contributed by atoms with Crippen LogP contribution in [0.3, 0.4) is 0 Å². The van der Waals surface area contributed by atoms with Crippen molar-refractivity contribution in [1.29, 1.82) is 0 Å². The maximum atomic E-state index is 11.9. The molecule has 1 saturated heterocycles. The molecule has 0 aliphatic carbocycles. The third-order valence-corrected chi connectivity index (χ3v) is 5.76. The van der Waals surface area contributed by atoms with Crippen molar-refractivity contribution in [3.63, 3.8) is 0 Å². The Morgan fingerprint density at radius 2 is 2.32 bits per heavy atom. The lowest BCUT2D eigenvalue weighted by Gasteiger charge is -2.36. The van der Waals surface area contributed by atoms with Crippen LogP contribution >= 0.6 is 11.8 Å². The van der Waals surface area contributed by atoms with Crippen molar-refractivity contribution in [3.05, 3.63) is 23.9 Å². The van der Waals surface area contributed by atoms with Gasteiger partial charge in [0, 0.05) is 36.1 Å². The van der Waals surface area contributed by atoms with E-state index in [4.69, 9.17) is 0 Å². The first-order valence-electron chi connectivity index (χ1n) is 6.07. The molecule has 1 unspecified atom stereocenters. The quantitative estimate of drug-likeness (QED) is 0.900. The SMILES string of the molecule is C[C@H](O)c1cccnc1N1CCSCC1S(C)(=O)=O. The van der Waals surface area contributed by atoms with Crippen LogP contribution in [0.1, 0.15) is 18.6 Å². The van der Waals surface area contributed by atoms with Crippen LogP contribution in [0.4, 0.5) is 5.82 Å². The number of hydrogen-bond acceptors (Lipinski definition) is 6. The van der Waals surface area contributed by atoms with Gasteiger partial charge in [0.25, 0.3) is 0 Å². The highest BCUT2D eigenvalue weighted by Gasteiger charge is 2.33. The summed E-state index contributed by atoms with van der Waals surface area (Å²) in [7, 11) is -3.18. The van der Waals surface area contributed by atoms with Gasteiger partial charge < -0.3 is 10.0 Å². The molecule has 1 aromatic rings. The molecule has 2 heterocycles. The fourth-order valence-electron chi connectivity index (χ4n) is 2.15. The van der Waals surface area contributed by atoms with Crippen molar-refractivity contribution in [1.82, 2.24) is 4.98 Å². The Morgan fingerprint density at radius 1 is 1.58 bits per heavy atom. The first kappa shape index (κ1) is 14.6. The summed E-state index contributed by atoms with van der Waals surface area (Å²) in [6.45, 7) is 2.29. The van der Waals surface area contributed by atoms with Crippen LogP contribution in [0, 0.1) is 0 Å². The second-order valence-corrected chi connectivity index (χ2v) is 8.00. The molecule has 2 atom stereocenters. The second kappa shape index (κ2) is 5.68. The molecule has 1 fully saturated rings. The number of anilines is 1. The molecule has 2 rings (SSSR count). The lowest BCUT2D eigenvalue weighted by molar-refractivity contribution is 0.199. The first-order chi connectivity index (χ1) is 8.91. The molecule has 106 valence electrons. The van der Waals surface area contributed by atoms with E-state index in [-0.39, 0.29) is 0 Å². The Balaban J connectivity index is 2.44. The third kappa shape index (κ3) is 3.21. The van der Waals surface area contributed by atoms with Gasteiger partial charge >= 0.3 is 0 Å². The highest BCUT2D eigenvalue weighted by Crippen LogP contribution is 2.30. The zero-order chi connectivity index (χ0) is 14.0. The molecule has 1 aliphatic heterocycles. The Bertz CT molecular complexity index is 546. The largest absolute Gasteiger partial charge is 0.389 e. The molecule has 0 saturated carbocycles. The number of pyridine rings is 1. The Hall–Kier alpha value is -0.790. The summed E-state index contributed by atoms with van der Waals surface area (Å²) in [5, 5.41) is 9.23. The summed E-state index contributed by atoms with van der Waals surface area (Å²) in [5.41, 5.74) is 0.669. The lowest BCUT2D eigenvalue weighted by Crippen LogP contribution is -2.47. The monoisotopic (exact) mass is 302 g/mol. The fourth-order valence-corrected chi connectivity index (χ4v) is 4.97. The molecule has 0 amide bonds. The van der Waals surface area contributed by atoms with Crippen LogP contribution in [-0.2, 0) is 9.84 Å². The minimum Gasteiger partial charge on any atom is -0.389 e. The number of aliphatic hydroxyl groups excluding tert-OH is 1. The highest BCUT2D eigenvalue weighted by molar-refractivity contribution is 8.01. The third-order valence-electron chi connectivity index (χ3n) is 3.12. The van der Waals surface area contributed by atoms with Crippen LogP contribution < -0.4 is 4.90 Å². The summed E-state index contributed by atoms with van der Waals surface area (Å²) in [4.78, 5) is 6.08. The molecular formula is C12H18N2O3S2. The number of aromatic nitrogens is 1. The molecule has 0 spiro atoms. The number of nitrogens with zero attached hydrogens (tertiary/aromatic N) is 2. The van der Waals surface area contributed by atoms with Crippen LogP contribution in [0.15, 0.2) is 18.3 Å². The van der Waals surface area contributed by atoms with Gasteiger partial charge in [0.1, 0.15) is 11.2 Å². The predicted molar refractivity (Wildman–Crippen MR) is 78.2 cm³/mol. The van der Waals surface area contributed by atoms with Gasteiger partial charge in [-0.25, -0.2) is 13.4 Å². The van der Waals surface area contributed by atoms with Crippen molar-refractivity contribution in [2.45, 2.75) is 18.4 Å². The van der Waals surface area contributed by atoms with Crippen LogP contribution in [0.2, 0.25) is 0 Å². The summed E-state index contributed by atoms with van der Waals surface area (Å²) >= 11 is 1.63. The lowest BCUT2D eigenvalue weighted by atomic mass is 10.1. The van der Waals surface area contributed by atoms with Crippen LogP contribution in [0.25, 0.3) is 0 Å². The van der Waals surface area contributed by atoms with Gasteiger partial charge in [-0.05, 0) is 13.0 Å². The summed E-state index contributed by atoms with van der Waals surface area (Å²) in [5.74, 6) is 1.98. The first-order valence-corrected chi connectivity index (χ1v) is 9.18. The van der Waals surface area contributed by atoms with Gasteiger partial charge in [0.15, 0.2) is 9.84 Å². The summed E-state index contributed by atoms with van der Waals surface area (Å²) in [6.07, 6.45) is 2.21. The van der Waals surface area contributed by atoms with Gasteiger partial charge in [-0.15, -0.1) is 0 Å². The number of thioether (sulfide) groups is 1. The molecule has 1 aliphatic rings. The Morgan fingerprint density at radius 3 is 2.95 bits per heavy atom. The molecule has 1 aromatic heterocycles. The molecule has 1 N–H and O–H groups in total. The van der Waals surface area contributed by atoms with Gasteiger partial charge in [-0.2, -0.15) is 11.8 Å². The molecule has 0 aromatic carbocycles. The van der Waals surface area contributed by atoms with E-state index in [1.54, 1.807) is 41.9 Å². The molecule has 19 heavy (non-hydrogen) atoms. The van der Waals surface area contributed by atoms with Crippen molar-refractivity contribution >= 4 is 27.4 Å². The number of hydrogen-bond donors (Lipinski definition) is 1. The average molecular weight is 302 g/mol. The zero-order valence-electron chi connectivity index (χ0n) is 11.0. The standard InChI is InChI=1S/C12H18N2O3S2/c1-9(15)10-4-3-5-13-12(10)14-6-7-18-8-11(14)19(2,16)17/h3-5,9,11,15H,6-8H2,1-2H3/t9-,11?/m0/s1. The van der Waals surface area contributed by atoms with E-state index in [1.165, 1.54) is 6.26 Å². The van der Waals surface area contributed by atoms with E-state index in [9.17, 15) is 13.5 Å². The second-order valence-electron chi connectivity index (χ2n) is 4.64. The maximum Gasteiger partial charge on any atom is 0.169 e. The van der Waals surface area contributed by atoms with E-state index in [1.807, 2.05) is 0 Å². The topological polar surface area (TPSA) is 70.5 Å². The Labute approximate surface area is 118 Å². The van der Waals surface area contributed by atoms with E-state index in [0.717, 1.165) is 5.75 Å². The molecule has 0 bridgehead atoms. The molecule has 7 heteroatoms. The average Bonchev–Trinajstić information content (AvgIpc) is 2.37. The van der Waals surface area contributed by atoms with Gasteiger partial charge in [-0.1, -0.05) is 6.07 Å². The van der Waals surface area contributed by atoms with E-state index < -0.39 is 21.3 Å². The van der Waals surface area contributed by atoms with Gasteiger partial charge in [0.05, 0.1) is 6.10 Å². The van der Waals surface area contributed by atoms with Crippen LogP contribution in [-0.4, -0.2) is 48.2 Å². The summed E-state index contributed by atoms with van der Waals surface area (Å²) in [6, 6.07) is 3.54. The number of aliphatic hydroxyl groups is 1. The smallest absolute Gasteiger partial charge is 0.169 e. The highest BCUT2D eigenvalue weighted by atomic mass is 32.2. The van der Waals surface area contributed by atoms with E-state index in [0.29, 0.717) is 23.7 Å². The minimum atomic E-state index is -3.18. The van der Waals surface area contributed by atoms with Gasteiger partial charge in [0.2, 0.25) is 0 Å². The van der Waals surface area contributed by atoms with Crippen molar-refractivity contribution in [2.75, 3.05) is 29.2 Å². The van der Waals surface area contributed by atoms with Crippen molar-refractivity contribution in [2.24, 2.45) is 0 Å². The number of sulfone groups is 1. The fraction of sp³-hybridized carbons (Fsp3) is 0.583. The summed E-state index contributed by atoms with van der Waals surface area (Å²) < 4.78 is 23.8. The molecular weight excluding hydrogens is 284 g/mol. The maximum absolute atomic E-state index is 11.9. The van der Waals surface area contributed by atoms with Gasteiger partial charge in [-0.3, -0.25) is 0 Å². The molecule has 5 nitrogen and oxygen atoms in total. The van der Waals surface area contributed by atoms with Crippen molar-refractivity contribution < 1.29 is 13.5 Å². The number of rotatable bonds is 3. The van der Waals surface area contributed by atoms with E-state index in [2.05, 4.69) is 4.98 Å². The minimum absolute atomic E-state index is 0.536. The Kier molecular flexibility index (Phi) is 4.37. The molecule has 0 radical (unpaired) electrons. The predicted octanol–water partition coefficient (Wildman–Crippen LogP) is 1.06.